The number of hydrogen-bond donors (Lipinski definition) is 2. The summed E-state index contributed by atoms with van der Waals surface area (Å²) >= 11 is 1.44. The minimum atomic E-state index is -0.481. The Kier molecular flexibility index (Phi) is 3.44. The standard InChI is InChI=1S/C13H17N7OS/c1-6-8(5-19(3)17-6)10-9(11(14)21)7(2)15-12-16-13(22-4)18-20(10)12/h5,10H,1-4H3,(H2,14,21)(H,15,16,18)/t10-/m1/s1. The van der Waals surface area contributed by atoms with E-state index in [2.05, 4.69) is 20.5 Å². The lowest BCUT2D eigenvalue weighted by Gasteiger charge is -2.27. The van der Waals surface area contributed by atoms with Gasteiger partial charge in [0, 0.05) is 24.5 Å². The van der Waals surface area contributed by atoms with E-state index in [4.69, 9.17) is 5.73 Å². The van der Waals surface area contributed by atoms with Crippen molar-refractivity contribution in [1.29, 1.82) is 0 Å². The van der Waals surface area contributed by atoms with Crippen molar-refractivity contribution in [2.45, 2.75) is 25.0 Å². The molecule has 0 radical (unpaired) electrons. The van der Waals surface area contributed by atoms with Crippen molar-refractivity contribution in [3.8, 4) is 0 Å². The van der Waals surface area contributed by atoms with Gasteiger partial charge >= 0.3 is 0 Å². The predicted molar refractivity (Wildman–Crippen MR) is 83.4 cm³/mol. The summed E-state index contributed by atoms with van der Waals surface area (Å²) in [5, 5.41) is 12.6. The van der Waals surface area contributed by atoms with E-state index in [1.54, 1.807) is 9.36 Å². The van der Waals surface area contributed by atoms with Crippen molar-refractivity contribution in [2.24, 2.45) is 12.8 Å². The van der Waals surface area contributed by atoms with Gasteiger partial charge in [-0.1, -0.05) is 11.8 Å². The Morgan fingerprint density at radius 1 is 1.41 bits per heavy atom. The van der Waals surface area contributed by atoms with Gasteiger partial charge in [-0.25, -0.2) is 4.68 Å². The van der Waals surface area contributed by atoms with Crippen molar-refractivity contribution in [3.63, 3.8) is 0 Å². The fourth-order valence-corrected chi connectivity index (χ4v) is 3.06. The zero-order valence-corrected chi connectivity index (χ0v) is 13.6. The van der Waals surface area contributed by atoms with Crippen LogP contribution in [0.2, 0.25) is 0 Å². The molecule has 1 atom stereocenters. The number of thioether (sulfide) groups is 1. The molecule has 1 aliphatic heterocycles. The van der Waals surface area contributed by atoms with Crippen LogP contribution in [0.25, 0.3) is 0 Å². The van der Waals surface area contributed by atoms with Crippen LogP contribution in [0.1, 0.15) is 24.2 Å². The van der Waals surface area contributed by atoms with E-state index >= 15 is 0 Å². The molecule has 0 unspecified atom stereocenters. The number of amides is 1. The van der Waals surface area contributed by atoms with Crippen LogP contribution in [0, 0.1) is 6.92 Å². The van der Waals surface area contributed by atoms with Crippen LogP contribution in [0.4, 0.5) is 5.95 Å². The summed E-state index contributed by atoms with van der Waals surface area (Å²) < 4.78 is 3.41. The number of fused-ring (bicyclic) bond motifs is 1. The van der Waals surface area contributed by atoms with E-state index in [9.17, 15) is 4.79 Å². The van der Waals surface area contributed by atoms with E-state index in [1.807, 2.05) is 33.3 Å². The minimum absolute atomic E-state index is 0.421. The maximum atomic E-state index is 12.0. The molecule has 0 spiro atoms. The number of nitrogens with one attached hydrogen (secondary N) is 1. The lowest BCUT2D eigenvalue weighted by Crippen LogP contribution is -2.32. The first-order valence-corrected chi connectivity index (χ1v) is 7.93. The molecule has 0 saturated heterocycles. The highest BCUT2D eigenvalue weighted by molar-refractivity contribution is 7.98. The van der Waals surface area contributed by atoms with Gasteiger partial charge in [-0.15, -0.1) is 5.10 Å². The zero-order chi connectivity index (χ0) is 16.0. The van der Waals surface area contributed by atoms with Gasteiger partial charge in [0.05, 0.1) is 11.3 Å². The molecular formula is C13H17N7OS. The Morgan fingerprint density at radius 3 is 2.68 bits per heavy atom. The number of aromatic nitrogens is 5. The third-order valence-corrected chi connectivity index (χ3v) is 4.17. The number of carbonyl (C=O) groups excluding carboxylic acids is 1. The number of anilines is 1. The molecule has 0 aromatic carbocycles. The molecule has 8 nitrogen and oxygen atoms in total. The maximum absolute atomic E-state index is 12.0. The van der Waals surface area contributed by atoms with Gasteiger partial charge < -0.3 is 11.1 Å². The van der Waals surface area contributed by atoms with Crippen molar-refractivity contribution in [2.75, 3.05) is 11.6 Å². The van der Waals surface area contributed by atoms with Gasteiger partial charge in [0.1, 0.15) is 6.04 Å². The van der Waals surface area contributed by atoms with Gasteiger partial charge in [-0.05, 0) is 20.1 Å². The van der Waals surface area contributed by atoms with Gasteiger partial charge in [-0.2, -0.15) is 10.1 Å². The molecule has 3 heterocycles. The summed E-state index contributed by atoms with van der Waals surface area (Å²) in [7, 11) is 1.84. The first-order valence-electron chi connectivity index (χ1n) is 6.70. The number of rotatable bonds is 3. The average molecular weight is 319 g/mol. The van der Waals surface area contributed by atoms with Crippen LogP contribution >= 0.6 is 11.8 Å². The van der Waals surface area contributed by atoms with Crippen LogP contribution in [0.5, 0.6) is 0 Å². The quantitative estimate of drug-likeness (QED) is 0.812. The van der Waals surface area contributed by atoms with Gasteiger partial charge in [0.2, 0.25) is 17.0 Å². The first kappa shape index (κ1) is 14.6. The summed E-state index contributed by atoms with van der Waals surface area (Å²) in [5.41, 5.74) is 8.48. The molecule has 0 saturated carbocycles. The lowest BCUT2D eigenvalue weighted by atomic mass is 9.96. The highest BCUT2D eigenvalue weighted by atomic mass is 32.2. The largest absolute Gasteiger partial charge is 0.366 e. The SMILES string of the molecule is CSc1nc2n(n1)[C@H](c1cn(C)nc1C)C(C(N)=O)=C(C)N2. The summed E-state index contributed by atoms with van der Waals surface area (Å²) in [6.45, 7) is 3.72. The van der Waals surface area contributed by atoms with Crippen LogP contribution in [0.15, 0.2) is 22.6 Å². The smallest absolute Gasteiger partial charge is 0.248 e. The average Bonchev–Trinajstić information content (AvgIpc) is 2.99. The number of nitrogens with two attached hydrogens (primary N) is 1. The number of carbonyl (C=O) groups is 1. The lowest BCUT2D eigenvalue weighted by molar-refractivity contribution is -0.115. The van der Waals surface area contributed by atoms with Crippen LogP contribution < -0.4 is 11.1 Å². The highest BCUT2D eigenvalue weighted by Crippen LogP contribution is 2.36. The molecule has 2 aromatic rings. The summed E-state index contributed by atoms with van der Waals surface area (Å²) in [4.78, 5) is 16.4. The molecule has 3 rings (SSSR count). The summed E-state index contributed by atoms with van der Waals surface area (Å²) in [6.07, 6.45) is 3.78. The van der Waals surface area contributed by atoms with Crippen LogP contribution in [-0.4, -0.2) is 36.7 Å². The Balaban J connectivity index is 2.24. The summed E-state index contributed by atoms with van der Waals surface area (Å²) in [5.74, 6) is 0.116. The number of primary amides is 1. The topological polar surface area (TPSA) is 104 Å². The molecule has 1 aliphatic rings. The minimum Gasteiger partial charge on any atom is -0.366 e. The first-order chi connectivity index (χ1) is 10.4. The van der Waals surface area contributed by atoms with E-state index < -0.39 is 11.9 Å². The molecule has 2 aromatic heterocycles. The van der Waals surface area contributed by atoms with Crippen molar-refractivity contribution < 1.29 is 4.79 Å². The molecule has 116 valence electrons. The fraction of sp³-hybridized carbons (Fsp3) is 0.385. The Labute approximate surface area is 131 Å². The number of aryl methyl sites for hydroxylation is 2. The number of hydrogen-bond acceptors (Lipinski definition) is 6. The monoisotopic (exact) mass is 319 g/mol. The third kappa shape index (κ3) is 2.17. The predicted octanol–water partition coefficient (Wildman–Crippen LogP) is 0.816. The van der Waals surface area contributed by atoms with Crippen LogP contribution in [0.3, 0.4) is 0 Å². The second-order valence-corrected chi connectivity index (χ2v) is 5.91. The molecule has 3 N–H and O–H groups in total. The van der Waals surface area contributed by atoms with Gasteiger partial charge in [-0.3, -0.25) is 9.48 Å². The summed E-state index contributed by atoms with van der Waals surface area (Å²) in [6, 6.07) is -0.421. The molecule has 0 bridgehead atoms. The zero-order valence-electron chi connectivity index (χ0n) is 12.8. The molecule has 1 amide bonds. The van der Waals surface area contributed by atoms with Crippen LogP contribution in [-0.2, 0) is 11.8 Å². The molecular weight excluding hydrogens is 302 g/mol. The van der Waals surface area contributed by atoms with Gasteiger partial charge in [0.25, 0.3) is 0 Å². The maximum Gasteiger partial charge on any atom is 0.248 e. The van der Waals surface area contributed by atoms with Crippen molar-refractivity contribution in [3.05, 3.63) is 28.7 Å². The van der Waals surface area contributed by atoms with Gasteiger partial charge in [0.15, 0.2) is 0 Å². The molecule has 22 heavy (non-hydrogen) atoms. The Hall–Kier alpha value is -2.29. The Morgan fingerprint density at radius 2 is 2.14 bits per heavy atom. The normalized spacial score (nSPS) is 17.4. The third-order valence-electron chi connectivity index (χ3n) is 3.63. The number of allylic oxidation sites excluding steroid dienone is 1. The molecule has 0 fully saturated rings. The van der Waals surface area contributed by atoms with E-state index in [0.29, 0.717) is 22.4 Å². The number of nitrogens with zero attached hydrogens (tertiary/aromatic N) is 5. The van der Waals surface area contributed by atoms with Crippen molar-refractivity contribution >= 4 is 23.6 Å². The second kappa shape index (κ2) is 5.16. The second-order valence-electron chi connectivity index (χ2n) is 5.14. The van der Waals surface area contributed by atoms with Crippen molar-refractivity contribution in [1.82, 2.24) is 24.5 Å². The molecule has 9 heteroatoms. The Bertz CT molecular complexity index is 788. The highest BCUT2D eigenvalue weighted by Gasteiger charge is 2.34. The van der Waals surface area contributed by atoms with E-state index in [1.165, 1.54) is 11.8 Å². The fourth-order valence-electron chi connectivity index (χ4n) is 2.71. The van der Waals surface area contributed by atoms with E-state index in [0.717, 1.165) is 11.3 Å². The van der Waals surface area contributed by atoms with E-state index in [-0.39, 0.29) is 0 Å². The molecule has 0 aliphatic carbocycles.